The lowest BCUT2D eigenvalue weighted by atomic mass is 9.96. The molecule has 0 aliphatic carbocycles. The van der Waals surface area contributed by atoms with Crippen LogP contribution in [0.25, 0.3) is 10.9 Å². The summed E-state index contributed by atoms with van der Waals surface area (Å²) in [5.41, 5.74) is 3.21. The fourth-order valence-corrected chi connectivity index (χ4v) is 3.52. The number of aromatic hydroxyl groups is 1. The van der Waals surface area contributed by atoms with Crippen molar-refractivity contribution in [3.63, 3.8) is 0 Å². The third-order valence-corrected chi connectivity index (χ3v) is 5.01. The number of halogens is 1. The Labute approximate surface area is 174 Å². The largest absolute Gasteiger partial charge is 0.505 e. The number of fused-ring (bicyclic) bond motifs is 1. The number of hydrogen-bond donors (Lipinski definition) is 1. The zero-order valence-corrected chi connectivity index (χ0v) is 17.4. The van der Waals surface area contributed by atoms with Gasteiger partial charge in [0.05, 0.1) is 11.3 Å². The standard InChI is InChI=1S/C23H24FN3O3/c1-14(29)27(4)22-18-10-16(9-15-5-7-17(24)8-6-15)11-25-21(18)23(30)20(13-28)19(22)12-26(2)3/h5-8,10-11,13,30H,9,12H2,1-4H3. The molecule has 0 fully saturated rings. The van der Waals surface area contributed by atoms with E-state index in [1.165, 1.54) is 24.0 Å². The van der Waals surface area contributed by atoms with Gasteiger partial charge in [0.15, 0.2) is 12.0 Å². The van der Waals surface area contributed by atoms with Gasteiger partial charge in [0.1, 0.15) is 11.3 Å². The fraction of sp³-hybridized carbons (Fsp3) is 0.261. The third-order valence-electron chi connectivity index (χ3n) is 5.01. The molecule has 1 amide bonds. The predicted molar refractivity (Wildman–Crippen MR) is 114 cm³/mol. The normalized spacial score (nSPS) is 11.1. The Morgan fingerprint density at radius 3 is 2.40 bits per heavy atom. The number of amides is 1. The van der Waals surface area contributed by atoms with Crippen LogP contribution in [-0.2, 0) is 17.8 Å². The third kappa shape index (κ3) is 4.16. The quantitative estimate of drug-likeness (QED) is 0.631. The molecule has 0 aliphatic rings. The number of phenolic OH excluding ortho intramolecular Hbond substituents is 1. The number of phenols is 1. The number of pyridine rings is 1. The Hall–Kier alpha value is -3.32. The number of nitrogens with zero attached hydrogens (tertiary/aromatic N) is 3. The van der Waals surface area contributed by atoms with E-state index < -0.39 is 0 Å². The SMILES string of the molecule is CC(=O)N(C)c1c(CN(C)C)c(C=O)c(O)c2ncc(Cc3ccc(F)cc3)cc12. The molecule has 0 atom stereocenters. The number of aromatic nitrogens is 1. The molecule has 1 aromatic heterocycles. The molecule has 156 valence electrons. The van der Waals surface area contributed by atoms with E-state index in [1.54, 1.807) is 25.4 Å². The molecule has 0 spiro atoms. The zero-order valence-electron chi connectivity index (χ0n) is 17.4. The van der Waals surface area contributed by atoms with Gasteiger partial charge in [-0.2, -0.15) is 0 Å². The smallest absolute Gasteiger partial charge is 0.223 e. The Morgan fingerprint density at radius 1 is 1.17 bits per heavy atom. The van der Waals surface area contributed by atoms with E-state index in [1.807, 2.05) is 25.1 Å². The van der Waals surface area contributed by atoms with E-state index in [-0.39, 0.29) is 28.6 Å². The summed E-state index contributed by atoms with van der Waals surface area (Å²) in [6.45, 7) is 1.79. The molecule has 0 saturated carbocycles. The number of carbonyl (C=O) groups is 2. The van der Waals surface area contributed by atoms with Crippen molar-refractivity contribution in [2.45, 2.75) is 19.9 Å². The first-order valence-corrected chi connectivity index (χ1v) is 9.48. The van der Waals surface area contributed by atoms with Crippen LogP contribution in [0.15, 0.2) is 36.5 Å². The van der Waals surface area contributed by atoms with E-state index in [0.717, 1.165) is 11.1 Å². The van der Waals surface area contributed by atoms with Gasteiger partial charge in [-0.3, -0.25) is 14.6 Å². The molecule has 1 heterocycles. The van der Waals surface area contributed by atoms with Gasteiger partial charge in [0, 0.05) is 37.7 Å². The van der Waals surface area contributed by atoms with Crippen LogP contribution in [0, 0.1) is 5.82 Å². The molecule has 3 aromatic rings. The van der Waals surface area contributed by atoms with Crippen LogP contribution in [0.1, 0.15) is 34.0 Å². The maximum atomic E-state index is 13.2. The summed E-state index contributed by atoms with van der Waals surface area (Å²) < 4.78 is 13.2. The number of anilines is 1. The van der Waals surface area contributed by atoms with E-state index in [0.29, 0.717) is 35.9 Å². The van der Waals surface area contributed by atoms with Crippen LogP contribution >= 0.6 is 0 Å². The first-order valence-electron chi connectivity index (χ1n) is 9.48. The summed E-state index contributed by atoms with van der Waals surface area (Å²) in [5.74, 6) is -0.714. The van der Waals surface area contributed by atoms with Crippen LogP contribution in [-0.4, -0.2) is 48.3 Å². The van der Waals surface area contributed by atoms with Gasteiger partial charge in [0.25, 0.3) is 0 Å². The van der Waals surface area contributed by atoms with Gasteiger partial charge in [0.2, 0.25) is 5.91 Å². The predicted octanol–water partition coefficient (Wildman–Crippen LogP) is 3.53. The lowest BCUT2D eigenvalue weighted by Crippen LogP contribution is -2.26. The fourth-order valence-electron chi connectivity index (χ4n) is 3.52. The summed E-state index contributed by atoms with van der Waals surface area (Å²) in [7, 11) is 5.32. The summed E-state index contributed by atoms with van der Waals surface area (Å²) in [6, 6.07) is 8.05. The molecular weight excluding hydrogens is 385 g/mol. The van der Waals surface area contributed by atoms with Gasteiger partial charge in [-0.25, -0.2) is 4.39 Å². The Kier molecular flexibility index (Phi) is 6.12. The zero-order chi connectivity index (χ0) is 22.0. The van der Waals surface area contributed by atoms with E-state index in [2.05, 4.69) is 4.98 Å². The highest BCUT2D eigenvalue weighted by Gasteiger charge is 2.24. The molecule has 0 radical (unpaired) electrons. The number of aldehydes is 1. The highest BCUT2D eigenvalue weighted by molar-refractivity contribution is 6.09. The van der Waals surface area contributed by atoms with E-state index >= 15 is 0 Å². The second-order valence-corrected chi connectivity index (χ2v) is 7.57. The summed E-state index contributed by atoms with van der Waals surface area (Å²) in [4.78, 5) is 31.8. The minimum atomic E-state index is -0.305. The summed E-state index contributed by atoms with van der Waals surface area (Å²) >= 11 is 0. The van der Waals surface area contributed by atoms with Gasteiger partial charge in [-0.15, -0.1) is 0 Å². The minimum absolute atomic E-state index is 0.123. The molecule has 3 rings (SSSR count). The molecule has 1 N–H and O–H groups in total. The lowest BCUT2D eigenvalue weighted by Gasteiger charge is -2.25. The van der Waals surface area contributed by atoms with Crippen LogP contribution in [0.4, 0.5) is 10.1 Å². The number of rotatable bonds is 6. The molecule has 7 heteroatoms. The Balaban J connectivity index is 2.27. The van der Waals surface area contributed by atoms with E-state index in [4.69, 9.17) is 0 Å². The van der Waals surface area contributed by atoms with Crippen molar-refractivity contribution in [1.29, 1.82) is 0 Å². The van der Waals surface area contributed by atoms with Crippen molar-refractivity contribution in [2.75, 3.05) is 26.0 Å². The molecule has 0 saturated heterocycles. The van der Waals surface area contributed by atoms with Crippen molar-refractivity contribution < 1.29 is 19.1 Å². The van der Waals surface area contributed by atoms with Crippen molar-refractivity contribution in [1.82, 2.24) is 9.88 Å². The second-order valence-electron chi connectivity index (χ2n) is 7.57. The molecule has 0 unspecified atom stereocenters. The van der Waals surface area contributed by atoms with E-state index in [9.17, 15) is 19.1 Å². The van der Waals surface area contributed by atoms with Crippen molar-refractivity contribution in [2.24, 2.45) is 0 Å². The second kappa shape index (κ2) is 8.59. The number of carbonyl (C=O) groups excluding carboxylic acids is 2. The first-order chi connectivity index (χ1) is 14.2. The van der Waals surface area contributed by atoms with Crippen molar-refractivity contribution >= 4 is 28.8 Å². The monoisotopic (exact) mass is 409 g/mol. The highest BCUT2D eigenvalue weighted by Crippen LogP contribution is 2.39. The summed E-state index contributed by atoms with van der Waals surface area (Å²) in [5, 5.41) is 11.3. The van der Waals surface area contributed by atoms with Crippen LogP contribution in [0.3, 0.4) is 0 Å². The Morgan fingerprint density at radius 2 is 1.83 bits per heavy atom. The lowest BCUT2D eigenvalue weighted by molar-refractivity contribution is -0.116. The molecule has 2 aromatic carbocycles. The average molecular weight is 409 g/mol. The number of hydrogen-bond acceptors (Lipinski definition) is 5. The summed E-state index contributed by atoms with van der Waals surface area (Å²) in [6.07, 6.45) is 2.72. The van der Waals surface area contributed by atoms with Crippen LogP contribution in [0.5, 0.6) is 5.75 Å². The van der Waals surface area contributed by atoms with Gasteiger partial charge >= 0.3 is 0 Å². The van der Waals surface area contributed by atoms with Crippen molar-refractivity contribution in [3.05, 3.63) is 64.6 Å². The molecular formula is C23H24FN3O3. The van der Waals surface area contributed by atoms with Gasteiger partial charge in [-0.1, -0.05) is 12.1 Å². The van der Waals surface area contributed by atoms with Gasteiger partial charge < -0.3 is 14.9 Å². The first kappa shape index (κ1) is 21.4. The average Bonchev–Trinajstić information content (AvgIpc) is 2.69. The van der Waals surface area contributed by atoms with Gasteiger partial charge in [-0.05, 0) is 49.8 Å². The molecule has 6 nitrogen and oxygen atoms in total. The Bertz CT molecular complexity index is 1110. The van der Waals surface area contributed by atoms with Crippen LogP contribution in [0.2, 0.25) is 0 Å². The number of benzene rings is 2. The topological polar surface area (TPSA) is 73.7 Å². The maximum Gasteiger partial charge on any atom is 0.223 e. The van der Waals surface area contributed by atoms with Crippen molar-refractivity contribution in [3.8, 4) is 5.75 Å². The molecule has 30 heavy (non-hydrogen) atoms. The van der Waals surface area contributed by atoms with Crippen LogP contribution < -0.4 is 4.90 Å². The minimum Gasteiger partial charge on any atom is -0.505 e. The molecule has 0 aliphatic heterocycles. The maximum absolute atomic E-state index is 13.2. The highest BCUT2D eigenvalue weighted by atomic mass is 19.1. The molecule has 0 bridgehead atoms.